The Bertz CT molecular complexity index is 573. The van der Waals surface area contributed by atoms with Crippen LogP contribution in [0.1, 0.15) is 17.3 Å². The predicted octanol–water partition coefficient (Wildman–Crippen LogP) is 3.36. The minimum absolute atomic E-state index is 0.0457. The zero-order valence-corrected chi connectivity index (χ0v) is 12.2. The fourth-order valence-corrected chi connectivity index (χ4v) is 1.78. The Kier molecular flexibility index (Phi) is 5.21. The summed E-state index contributed by atoms with van der Waals surface area (Å²) in [7, 11) is 1.63. The molecule has 4 heteroatoms. The second-order valence-corrected chi connectivity index (χ2v) is 4.45. The maximum atomic E-state index is 11.1. The largest absolute Gasteiger partial charge is 0.497 e. The zero-order valence-electron chi connectivity index (χ0n) is 12.2. The van der Waals surface area contributed by atoms with Crippen LogP contribution in [0.25, 0.3) is 0 Å². The zero-order chi connectivity index (χ0) is 15.1. The molecule has 0 aromatic heterocycles. The third-order valence-electron chi connectivity index (χ3n) is 2.94. The molecule has 4 nitrogen and oxygen atoms in total. The number of carbonyl (C=O) groups is 1. The Balaban J connectivity index is 1.74. The van der Waals surface area contributed by atoms with Crippen molar-refractivity contribution >= 4 is 5.78 Å². The number of Topliss-reactive ketones (excluding diaryl/α,β-unsaturated/α-hetero) is 1. The van der Waals surface area contributed by atoms with Crippen LogP contribution < -0.4 is 14.2 Å². The van der Waals surface area contributed by atoms with Gasteiger partial charge >= 0.3 is 0 Å². The van der Waals surface area contributed by atoms with Gasteiger partial charge in [0, 0.05) is 5.56 Å². The van der Waals surface area contributed by atoms with E-state index >= 15 is 0 Å². The van der Waals surface area contributed by atoms with Gasteiger partial charge in [-0.3, -0.25) is 4.79 Å². The Morgan fingerprint density at radius 2 is 1.24 bits per heavy atom. The second-order valence-electron chi connectivity index (χ2n) is 4.45. The fourth-order valence-electron chi connectivity index (χ4n) is 1.78. The lowest BCUT2D eigenvalue weighted by molar-refractivity contribution is 0.101. The van der Waals surface area contributed by atoms with E-state index in [0.717, 1.165) is 17.2 Å². The summed E-state index contributed by atoms with van der Waals surface area (Å²) in [6.07, 6.45) is 0. The maximum absolute atomic E-state index is 11.1. The Labute approximate surface area is 124 Å². The van der Waals surface area contributed by atoms with Crippen LogP contribution in [0.2, 0.25) is 0 Å². The van der Waals surface area contributed by atoms with Crippen LogP contribution in [0, 0.1) is 0 Å². The molecular weight excluding hydrogens is 268 g/mol. The van der Waals surface area contributed by atoms with Crippen LogP contribution in [0.3, 0.4) is 0 Å². The number of carbonyl (C=O) groups excluding carboxylic acids is 1. The molecule has 0 heterocycles. The van der Waals surface area contributed by atoms with Crippen LogP contribution >= 0.6 is 0 Å². The number of methoxy groups -OCH3 is 1. The highest BCUT2D eigenvalue weighted by Gasteiger charge is 2.00. The van der Waals surface area contributed by atoms with Crippen molar-refractivity contribution in [3.8, 4) is 17.2 Å². The van der Waals surface area contributed by atoms with Crippen molar-refractivity contribution in [2.75, 3.05) is 20.3 Å². The van der Waals surface area contributed by atoms with Gasteiger partial charge < -0.3 is 14.2 Å². The normalized spacial score (nSPS) is 10.0. The Hall–Kier alpha value is -2.49. The lowest BCUT2D eigenvalue weighted by atomic mass is 10.1. The molecule has 0 aliphatic rings. The van der Waals surface area contributed by atoms with E-state index in [0.29, 0.717) is 18.8 Å². The maximum Gasteiger partial charge on any atom is 0.159 e. The molecule has 21 heavy (non-hydrogen) atoms. The molecule has 0 unspecified atom stereocenters. The minimum Gasteiger partial charge on any atom is -0.497 e. The number of hydrogen-bond acceptors (Lipinski definition) is 4. The summed E-state index contributed by atoms with van der Waals surface area (Å²) in [4.78, 5) is 11.1. The summed E-state index contributed by atoms with van der Waals surface area (Å²) in [6, 6.07) is 14.5. The number of ether oxygens (including phenoxy) is 3. The average Bonchev–Trinajstić information content (AvgIpc) is 2.52. The monoisotopic (exact) mass is 286 g/mol. The molecular formula is C17H18O4. The van der Waals surface area contributed by atoms with Crippen molar-refractivity contribution in [3.63, 3.8) is 0 Å². The molecule has 0 fully saturated rings. The van der Waals surface area contributed by atoms with E-state index in [-0.39, 0.29) is 5.78 Å². The van der Waals surface area contributed by atoms with E-state index in [1.165, 1.54) is 0 Å². The van der Waals surface area contributed by atoms with Gasteiger partial charge in [0.05, 0.1) is 7.11 Å². The van der Waals surface area contributed by atoms with E-state index in [1.54, 1.807) is 38.3 Å². The van der Waals surface area contributed by atoms with Crippen LogP contribution in [0.4, 0.5) is 0 Å². The summed E-state index contributed by atoms with van der Waals surface area (Å²) in [5.41, 5.74) is 0.678. The summed E-state index contributed by atoms with van der Waals surface area (Å²) in [5.74, 6) is 2.33. The molecule has 2 aromatic carbocycles. The highest BCUT2D eigenvalue weighted by atomic mass is 16.5. The number of ketones is 1. The van der Waals surface area contributed by atoms with Crippen molar-refractivity contribution in [1.29, 1.82) is 0 Å². The van der Waals surface area contributed by atoms with Crippen molar-refractivity contribution in [1.82, 2.24) is 0 Å². The van der Waals surface area contributed by atoms with Crippen molar-refractivity contribution in [3.05, 3.63) is 54.1 Å². The molecule has 0 atom stereocenters. The molecule has 0 spiro atoms. The molecule has 0 aliphatic heterocycles. The van der Waals surface area contributed by atoms with Crippen LogP contribution in [0.5, 0.6) is 17.2 Å². The molecule has 110 valence electrons. The van der Waals surface area contributed by atoms with Crippen molar-refractivity contribution in [2.45, 2.75) is 6.92 Å². The summed E-state index contributed by atoms with van der Waals surface area (Å²) in [5, 5.41) is 0. The topological polar surface area (TPSA) is 44.8 Å². The molecule has 2 rings (SSSR count). The van der Waals surface area contributed by atoms with Gasteiger partial charge in [-0.05, 0) is 55.5 Å². The molecule has 0 radical (unpaired) electrons. The first-order chi connectivity index (χ1) is 10.2. The van der Waals surface area contributed by atoms with E-state index < -0.39 is 0 Å². The predicted molar refractivity (Wildman–Crippen MR) is 80.4 cm³/mol. The first kappa shape index (κ1) is 14.9. The molecule has 0 N–H and O–H groups in total. The minimum atomic E-state index is 0.0457. The average molecular weight is 286 g/mol. The Morgan fingerprint density at radius 1 is 0.810 bits per heavy atom. The summed E-state index contributed by atoms with van der Waals surface area (Å²) >= 11 is 0. The number of rotatable bonds is 7. The van der Waals surface area contributed by atoms with Gasteiger partial charge in [-0.25, -0.2) is 0 Å². The van der Waals surface area contributed by atoms with Crippen molar-refractivity contribution in [2.24, 2.45) is 0 Å². The molecule has 2 aromatic rings. The fraction of sp³-hybridized carbons (Fsp3) is 0.235. The van der Waals surface area contributed by atoms with Gasteiger partial charge in [0.25, 0.3) is 0 Å². The lowest BCUT2D eigenvalue weighted by Gasteiger charge is -2.09. The smallest absolute Gasteiger partial charge is 0.159 e. The van der Waals surface area contributed by atoms with Gasteiger partial charge in [0.1, 0.15) is 30.5 Å². The highest BCUT2D eigenvalue weighted by molar-refractivity contribution is 5.94. The molecule has 0 saturated carbocycles. The number of benzene rings is 2. The summed E-state index contributed by atoms with van der Waals surface area (Å²) in [6.45, 7) is 2.42. The molecule has 0 aliphatic carbocycles. The Morgan fingerprint density at radius 3 is 1.67 bits per heavy atom. The van der Waals surface area contributed by atoms with E-state index in [9.17, 15) is 4.79 Å². The second kappa shape index (κ2) is 7.33. The van der Waals surface area contributed by atoms with Crippen LogP contribution in [-0.4, -0.2) is 26.1 Å². The first-order valence-corrected chi connectivity index (χ1v) is 6.69. The van der Waals surface area contributed by atoms with Gasteiger partial charge in [-0.15, -0.1) is 0 Å². The first-order valence-electron chi connectivity index (χ1n) is 6.69. The lowest BCUT2D eigenvalue weighted by Crippen LogP contribution is -2.09. The van der Waals surface area contributed by atoms with Gasteiger partial charge in [-0.2, -0.15) is 0 Å². The molecule has 0 amide bonds. The third kappa shape index (κ3) is 4.53. The standard InChI is InChI=1S/C17H18O4/c1-13(18)14-3-5-16(6-4-14)20-11-12-21-17-9-7-15(19-2)8-10-17/h3-10H,11-12H2,1-2H3. The summed E-state index contributed by atoms with van der Waals surface area (Å²) < 4.78 is 16.2. The van der Waals surface area contributed by atoms with E-state index in [1.807, 2.05) is 24.3 Å². The third-order valence-corrected chi connectivity index (χ3v) is 2.94. The molecule has 0 saturated heterocycles. The van der Waals surface area contributed by atoms with Gasteiger partial charge in [0.2, 0.25) is 0 Å². The quantitative estimate of drug-likeness (QED) is 0.578. The number of hydrogen-bond donors (Lipinski definition) is 0. The van der Waals surface area contributed by atoms with E-state index in [4.69, 9.17) is 14.2 Å². The van der Waals surface area contributed by atoms with E-state index in [2.05, 4.69) is 0 Å². The van der Waals surface area contributed by atoms with Gasteiger partial charge in [0.15, 0.2) is 5.78 Å². The van der Waals surface area contributed by atoms with Crippen LogP contribution in [-0.2, 0) is 0 Å². The SMILES string of the molecule is COc1ccc(OCCOc2ccc(C(C)=O)cc2)cc1. The highest BCUT2D eigenvalue weighted by Crippen LogP contribution is 2.17. The van der Waals surface area contributed by atoms with Crippen LogP contribution in [0.15, 0.2) is 48.5 Å². The molecule has 0 bridgehead atoms. The van der Waals surface area contributed by atoms with Gasteiger partial charge in [-0.1, -0.05) is 0 Å². The van der Waals surface area contributed by atoms with Crippen molar-refractivity contribution < 1.29 is 19.0 Å².